The summed E-state index contributed by atoms with van der Waals surface area (Å²) in [6, 6.07) is 16.6. The Labute approximate surface area is 156 Å². The monoisotopic (exact) mass is 363 g/mol. The number of carbonyl (C=O) groups is 1. The minimum absolute atomic E-state index is 0.0677. The maximum absolute atomic E-state index is 12.6. The van der Waals surface area contributed by atoms with E-state index in [2.05, 4.69) is 4.98 Å². The third kappa shape index (κ3) is 3.36. The largest absolute Gasteiger partial charge is 0.383 e. The van der Waals surface area contributed by atoms with Crippen molar-refractivity contribution in [3.63, 3.8) is 0 Å². The quantitative estimate of drug-likeness (QED) is 0.768. The van der Waals surface area contributed by atoms with Gasteiger partial charge >= 0.3 is 0 Å². The summed E-state index contributed by atoms with van der Waals surface area (Å²) in [5.41, 5.74) is 0.335. The van der Waals surface area contributed by atoms with Crippen molar-refractivity contribution in [2.24, 2.45) is 0 Å². The summed E-state index contributed by atoms with van der Waals surface area (Å²) >= 11 is 0. The van der Waals surface area contributed by atoms with E-state index in [0.717, 1.165) is 5.56 Å². The first-order valence-corrected chi connectivity index (χ1v) is 9.07. The van der Waals surface area contributed by atoms with Crippen molar-refractivity contribution >= 4 is 16.8 Å². The number of amides is 1. The van der Waals surface area contributed by atoms with Gasteiger partial charge in [0.05, 0.1) is 23.8 Å². The third-order valence-corrected chi connectivity index (χ3v) is 5.21. The highest BCUT2D eigenvalue weighted by molar-refractivity contribution is 5.78. The number of likely N-dealkylation sites (tertiary alicyclic amines) is 1. The number of fused-ring (bicyclic) bond motifs is 1. The molecule has 0 bridgehead atoms. The van der Waals surface area contributed by atoms with Gasteiger partial charge in [0.15, 0.2) is 0 Å². The van der Waals surface area contributed by atoms with Crippen molar-refractivity contribution < 1.29 is 9.90 Å². The highest BCUT2D eigenvalue weighted by Crippen LogP contribution is 2.32. The zero-order valence-corrected chi connectivity index (χ0v) is 14.9. The molecule has 1 N–H and O–H groups in total. The van der Waals surface area contributed by atoms with Crippen LogP contribution in [0.25, 0.3) is 10.9 Å². The number of β-amino-alcohol motifs (C(OH)–C–C–N with tert-alkyl or cyclic N) is 1. The molecule has 1 aliphatic rings. The third-order valence-electron chi connectivity index (χ3n) is 5.21. The molecule has 138 valence electrons. The Hall–Kier alpha value is -2.99. The summed E-state index contributed by atoms with van der Waals surface area (Å²) in [5.74, 6) is -0.0677. The van der Waals surface area contributed by atoms with Crippen LogP contribution in [0.15, 0.2) is 65.7 Å². The zero-order chi connectivity index (χ0) is 18.9. The summed E-state index contributed by atoms with van der Waals surface area (Å²) in [6.45, 7) is 1.06. The molecular formula is C21H21N3O3. The van der Waals surface area contributed by atoms with E-state index in [-0.39, 0.29) is 31.0 Å². The highest BCUT2D eigenvalue weighted by atomic mass is 16.3. The molecule has 0 spiro atoms. The lowest BCUT2D eigenvalue weighted by atomic mass is 9.93. The molecule has 0 saturated carbocycles. The fourth-order valence-corrected chi connectivity index (χ4v) is 3.63. The number of para-hydroxylation sites is 1. The molecule has 0 radical (unpaired) electrons. The maximum atomic E-state index is 12.6. The topological polar surface area (TPSA) is 75.4 Å². The number of hydrogen-bond acceptors (Lipinski definition) is 4. The van der Waals surface area contributed by atoms with E-state index in [1.165, 1.54) is 10.9 Å². The zero-order valence-electron chi connectivity index (χ0n) is 14.9. The second kappa shape index (κ2) is 6.96. The van der Waals surface area contributed by atoms with Gasteiger partial charge in [-0.15, -0.1) is 0 Å². The molecule has 3 aromatic rings. The van der Waals surface area contributed by atoms with Gasteiger partial charge in [-0.1, -0.05) is 42.5 Å². The lowest BCUT2D eigenvalue weighted by Crippen LogP contribution is -2.35. The maximum Gasteiger partial charge on any atom is 0.261 e. The molecule has 4 rings (SSSR count). The average molecular weight is 363 g/mol. The number of aliphatic hydroxyl groups is 1. The van der Waals surface area contributed by atoms with Gasteiger partial charge in [0.25, 0.3) is 5.56 Å². The molecule has 1 saturated heterocycles. The number of carbonyl (C=O) groups excluding carboxylic acids is 1. The smallest absolute Gasteiger partial charge is 0.261 e. The van der Waals surface area contributed by atoms with Gasteiger partial charge < -0.3 is 10.0 Å². The summed E-state index contributed by atoms with van der Waals surface area (Å²) in [6.07, 6.45) is 2.20. The molecule has 1 fully saturated rings. The molecule has 2 aromatic carbocycles. The lowest BCUT2D eigenvalue weighted by Gasteiger charge is -2.24. The first-order chi connectivity index (χ1) is 13.1. The van der Waals surface area contributed by atoms with Crippen LogP contribution in [0.5, 0.6) is 0 Å². The van der Waals surface area contributed by atoms with E-state index >= 15 is 0 Å². The van der Waals surface area contributed by atoms with Crippen molar-refractivity contribution in [2.45, 2.75) is 25.0 Å². The van der Waals surface area contributed by atoms with Gasteiger partial charge in [-0.25, -0.2) is 4.98 Å². The minimum Gasteiger partial charge on any atom is -0.383 e. The van der Waals surface area contributed by atoms with Crippen molar-refractivity contribution in [1.82, 2.24) is 14.5 Å². The molecule has 1 amide bonds. The first kappa shape index (κ1) is 17.4. The molecule has 1 aromatic heterocycles. The number of hydrogen-bond donors (Lipinski definition) is 1. The van der Waals surface area contributed by atoms with Crippen LogP contribution in [0.2, 0.25) is 0 Å². The molecule has 0 aliphatic carbocycles. The molecule has 6 nitrogen and oxygen atoms in total. The average Bonchev–Trinajstić information content (AvgIpc) is 3.12. The molecular weight excluding hydrogens is 342 g/mol. The second-order valence-corrected chi connectivity index (χ2v) is 6.97. The van der Waals surface area contributed by atoms with E-state index in [1.54, 1.807) is 23.1 Å². The number of aromatic nitrogens is 2. The summed E-state index contributed by atoms with van der Waals surface area (Å²) in [7, 11) is 0. The van der Waals surface area contributed by atoms with Crippen molar-refractivity contribution in [1.29, 1.82) is 0 Å². The van der Waals surface area contributed by atoms with Crippen LogP contribution in [0, 0.1) is 0 Å². The summed E-state index contributed by atoms with van der Waals surface area (Å²) in [4.78, 5) is 31.1. The molecule has 1 aliphatic heterocycles. The van der Waals surface area contributed by atoms with Gasteiger partial charge in [-0.3, -0.25) is 14.2 Å². The lowest BCUT2D eigenvalue weighted by molar-refractivity contribution is -0.131. The molecule has 6 heteroatoms. The standard InChI is InChI=1S/C21H21N3O3/c25-19(23-13-11-21(27,14-23)16-6-2-1-3-7-16)10-12-24-15-22-18-9-5-4-8-17(18)20(24)26/h1-9,15,27H,10-14H2/t21-/m0/s1. The van der Waals surface area contributed by atoms with Gasteiger partial charge in [0, 0.05) is 19.5 Å². The predicted molar refractivity (Wildman–Crippen MR) is 102 cm³/mol. The van der Waals surface area contributed by atoms with E-state index in [4.69, 9.17) is 0 Å². The van der Waals surface area contributed by atoms with Crippen molar-refractivity contribution in [3.8, 4) is 0 Å². The van der Waals surface area contributed by atoms with E-state index in [0.29, 0.717) is 23.9 Å². The highest BCUT2D eigenvalue weighted by Gasteiger charge is 2.39. The molecule has 2 heterocycles. The molecule has 1 atom stereocenters. The summed E-state index contributed by atoms with van der Waals surface area (Å²) < 4.78 is 1.47. The Bertz CT molecular complexity index is 1030. The van der Waals surface area contributed by atoms with Gasteiger partial charge in [0.1, 0.15) is 5.60 Å². The fourth-order valence-electron chi connectivity index (χ4n) is 3.63. The number of aryl methyl sites for hydroxylation is 1. The Morgan fingerprint density at radius 3 is 2.67 bits per heavy atom. The number of benzene rings is 2. The van der Waals surface area contributed by atoms with Crippen LogP contribution in [0.3, 0.4) is 0 Å². The predicted octanol–water partition coefficient (Wildman–Crippen LogP) is 1.91. The number of rotatable bonds is 4. The van der Waals surface area contributed by atoms with E-state index < -0.39 is 5.60 Å². The van der Waals surface area contributed by atoms with E-state index in [9.17, 15) is 14.7 Å². The van der Waals surface area contributed by atoms with Crippen molar-refractivity contribution in [3.05, 3.63) is 76.8 Å². The van der Waals surface area contributed by atoms with Crippen LogP contribution >= 0.6 is 0 Å². The van der Waals surface area contributed by atoms with Crippen LogP contribution < -0.4 is 5.56 Å². The Morgan fingerprint density at radius 2 is 1.85 bits per heavy atom. The SMILES string of the molecule is O=C(CCn1cnc2ccccc2c1=O)N1CC[C@@](O)(c2ccccc2)C1. The van der Waals surface area contributed by atoms with Gasteiger partial charge in [-0.05, 0) is 24.1 Å². The molecule has 0 unspecified atom stereocenters. The Kier molecular flexibility index (Phi) is 4.49. The van der Waals surface area contributed by atoms with Crippen LogP contribution in [-0.4, -0.2) is 38.6 Å². The normalized spacial score (nSPS) is 19.5. The Balaban J connectivity index is 1.43. The van der Waals surface area contributed by atoms with E-state index in [1.807, 2.05) is 36.4 Å². The van der Waals surface area contributed by atoms with Gasteiger partial charge in [0.2, 0.25) is 5.91 Å². The minimum atomic E-state index is -1.00. The fraction of sp³-hybridized carbons (Fsp3) is 0.286. The Morgan fingerprint density at radius 1 is 1.11 bits per heavy atom. The molecule has 27 heavy (non-hydrogen) atoms. The van der Waals surface area contributed by atoms with Crippen LogP contribution in [0.1, 0.15) is 18.4 Å². The van der Waals surface area contributed by atoms with Crippen LogP contribution in [-0.2, 0) is 16.9 Å². The summed E-state index contributed by atoms with van der Waals surface area (Å²) in [5, 5.41) is 11.4. The van der Waals surface area contributed by atoms with Gasteiger partial charge in [-0.2, -0.15) is 0 Å². The first-order valence-electron chi connectivity index (χ1n) is 9.07. The van der Waals surface area contributed by atoms with Crippen molar-refractivity contribution in [2.75, 3.05) is 13.1 Å². The van der Waals surface area contributed by atoms with Crippen LogP contribution in [0.4, 0.5) is 0 Å². The second-order valence-electron chi connectivity index (χ2n) is 6.97. The number of nitrogens with zero attached hydrogens (tertiary/aromatic N) is 3.